The number of unbranched alkanes of at least 4 members (excludes halogenated alkanes) is 2. The Balaban J connectivity index is 1.39. The van der Waals surface area contributed by atoms with E-state index >= 15 is 0 Å². The molecule has 0 N–H and O–H groups in total. The summed E-state index contributed by atoms with van der Waals surface area (Å²) < 4.78 is 69.7. The fourth-order valence-electron chi connectivity index (χ4n) is 5.44. The highest BCUT2D eigenvalue weighted by atomic mass is 19.2. The molecule has 0 saturated heterocycles. The molecule has 0 aromatic heterocycles. The number of aryl methyl sites for hydroxylation is 2. The number of hydrogen-bond acceptors (Lipinski definition) is 0. The molecule has 4 rings (SSSR count). The molecule has 1 saturated carbocycles. The van der Waals surface area contributed by atoms with Crippen LogP contribution in [-0.4, -0.2) is 0 Å². The van der Waals surface area contributed by atoms with Crippen LogP contribution < -0.4 is 0 Å². The van der Waals surface area contributed by atoms with Crippen LogP contribution in [0.5, 0.6) is 0 Å². The summed E-state index contributed by atoms with van der Waals surface area (Å²) in [5, 5.41) is 0. The largest absolute Gasteiger partial charge is 0.204 e. The zero-order valence-electron chi connectivity index (χ0n) is 20.7. The molecule has 1 fully saturated rings. The molecular formula is C31H33F5. The summed E-state index contributed by atoms with van der Waals surface area (Å²) in [7, 11) is 0. The SMILES string of the molecule is CCCCCC1CCC(c2ccc(-c3ccc(CCc4cc(F)c(F)c(F)c4)c(F)c3F)cc2)CC1. The van der Waals surface area contributed by atoms with E-state index < -0.39 is 29.1 Å². The van der Waals surface area contributed by atoms with E-state index in [2.05, 4.69) is 6.92 Å². The molecule has 0 spiro atoms. The van der Waals surface area contributed by atoms with Gasteiger partial charge in [0.05, 0.1) is 0 Å². The molecule has 1 aliphatic carbocycles. The second-order valence-electron chi connectivity index (χ2n) is 10.1. The van der Waals surface area contributed by atoms with Gasteiger partial charge in [0.1, 0.15) is 0 Å². The van der Waals surface area contributed by atoms with Gasteiger partial charge in [-0.25, -0.2) is 22.0 Å². The van der Waals surface area contributed by atoms with Crippen LogP contribution in [0, 0.1) is 35.0 Å². The van der Waals surface area contributed by atoms with Crippen molar-refractivity contribution in [1.82, 2.24) is 0 Å². The maximum absolute atomic E-state index is 14.9. The van der Waals surface area contributed by atoms with E-state index in [0.717, 1.165) is 18.1 Å². The smallest absolute Gasteiger partial charge is 0.194 e. The minimum absolute atomic E-state index is 0.0353. The molecule has 0 nitrogen and oxygen atoms in total. The summed E-state index contributed by atoms with van der Waals surface area (Å²) in [6.45, 7) is 2.23. The van der Waals surface area contributed by atoms with E-state index in [1.807, 2.05) is 24.3 Å². The van der Waals surface area contributed by atoms with Gasteiger partial charge in [-0.2, -0.15) is 0 Å². The molecule has 1 aliphatic rings. The third kappa shape index (κ3) is 6.16. The normalized spacial score (nSPS) is 17.9. The Labute approximate surface area is 210 Å². The van der Waals surface area contributed by atoms with E-state index in [4.69, 9.17) is 0 Å². The molecule has 0 amide bonds. The minimum atomic E-state index is -1.54. The Kier molecular flexibility index (Phi) is 8.81. The van der Waals surface area contributed by atoms with E-state index in [9.17, 15) is 22.0 Å². The van der Waals surface area contributed by atoms with E-state index in [1.165, 1.54) is 69.1 Å². The third-order valence-corrected chi connectivity index (χ3v) is 7.64. The summed E-state index contributed by atoms with van der Waals surface area (Å²) in [5.41, 5.74) is 2.33. The first-order valence-corrected chi connectivity index (χ1v) is 13.1. The van der Waals surface area contributed by atoms with Crippen LogP contribution in [-0.2, 0) is 12.8 Å². The Hall–Kier alpha value is -2.69. The highest BCUT2D eigenvalue weighted by molar-refractivity contribution is 5.65. The summed E-state index contributed by atoms with van der Waals surface area (Å²) in [5.74, 6) is -4.69. The minimum Gasteiger partial charge on any atom is -0.204 e. The highest BCUT2D eigenvalue weighted by Gasteiger charge is 2.22. The maximum atomic E-state index is 14.9. The van der Waals surface area contributed by atoms with Gasteiger partial charge in [-0.3, -0.25) is 0 Å². The van der Waals surface area contributed by atoms with E-state index in [-0.39, 0.29) is 29.5 Å². The fourth-order valence-corrected chi connectivity index (χ4v) is 5.44. The predicted molar refractivity (Wildman–Crippen MR) is 134 cm³/mol. The Morgan fingerprint density at radius 1 is 0.694 bits per heavy atom. The number of halogens is 5. The molecule has 5 heteroatoms. The second kappa shape index (κ2) is 12.0. The first kappa shape index (κ1) is 26.4. The summed E-state index contributed by atoms with van der Waals surface area (Å²) in [6.07, 6.45) is 10.2. The van der Waals surface area contributed by atoms with Crippen molar-refractivity contribution in [3.63, 3.8) is 0 Å². The summed E-state index contributed by atoms with van der Waals surface area (Å²) in [4.78, 5) is 0. The molecule has 3 aromatic carbocycles. The van der Waals surface area contributed by atoms with Crippen molar-refractivity contribution in [2.75, 3.05) is 0 Å². The molecular weight excluding hydrogens is 467 g/mol. The zero-order chi connectivity index (χ0) is 25.7. The molecule has 192 valence electrons. The zero-order valence-corrected chi connectivity index (χ0v) is 20.7. The first-order chi connectivity index (χ1) is 17.4. The van der Waals surface area contributed by atoms with Gasteiger partial charge in [0.2, 0.25) is 0 Å². The quantitative estimate of drug-likeness (QED) is 0.156. The van der Waals surface area contributed by atoms with Gasteiger partial charge < -0.3 is 0 Å². The second-order valence-corrected chi connectivity index (χ2v) is 10.1. The Bertz CT molecular complexity index is 1140. The lowest BCUT2D eigenvalue weighted by molar-refractivity contribution is 0.303. The van der Waals surface area contributed by atoms with Crippen molar-refractivity contribution in [3.05, 3.63) is 94.3 Å². The monoisotopic (exact) mass is 500 g/mol. The fraction of sp³-hybridized carbons (Fsp3) is 0.419. The van der Waals surface area contributed by atoms with Crippen molar-refractivity contribution in [2.24, 2.45) is 5.92 Å². The van der Waals surface area contributed by atoms with Crippen LogP contribution in [0.4, 0.5) is 22.0 Å². The average molecular weight is 501 g/mol. The van der Waals surface area contributed by atoms with E-state index in [0.29, 0.717) is 11.5 Å². The van der Waals surface area contributed by atoms with Gasteiger partial charge in [-0.05, 0) is 84.7 Å². The molecule has 0 aliphatic heterocycles. The van der Waals surface area contributed by atoms with Crippen molar-refractivity contribution in [3.8, 4) is 11.1 Å². The van der Waals surface area contributed by atoms with Crippen molar-refractivity contribution < 1.29 is 22.0 Å². The lowest BCUT2D eigenvalue weighted by Gasteiger charge is -2.29. The van der Waals surface area contributed by atoms with E-state index in [1.54, 1.807) is 0 Å². The van der Waals surface area contributed by atoms with Crippen molar-refractivity contribution in [2.45, 2.75) is 77.0 Å². The van der Waals surface area contributed by atoms with Gasteiger partial charge in [0, 0.05) is 5.56 Å². The van der Waals surface area contributed by atoms with Gasteiger partial charge in [-0.1, -0.05) is 69.0 Å². The van der Waals surface area contributed by atoms with Crippen LogP contribution in [0.2, 0.25) is 0 Å². The molecule has 0 atom stereocenters. The van der Waals surface area contributed by atoms with Gasteiger partial charge in [0.15, 0.2) is 29.1 Å². The van der Waals surface area contributed by atoms with Crippen LogP contribution in [0.3, 0.4) is 0 Å². The average Bonchev–Trinajstić information content (AvgIpc) is 2.89. The topological polar surface area (TPSA) is 0 Å². The summed E-state index contributed by atoms with van der Waals surface area (Å²) >= 11 is 0. The molecule has 36 heavy (non-hydrogen) atoms. The molecule has 0 radical (unpaired) electrons. The maximum Gasteiger partial charge on any atom is 0.194 e. The lowest BCUT2D eigenvalue weighted by Crippen LogP contribution is -2.13. The standard InChI is InChI=1S/C31H33F5/c1-2-3-4-5-20-6-9-22(10-7-20)23-12-14-24(15-13-23)26-17-16-25(29(34)30(26)35)11-8-21-18-27(32)31(36)28(33)19-21/h12-20,22H,2-11H2,1H3. The number of hydrogen-bond donors (Lipinski definition) is 0. The van der Waals surface area contributed by atoms with Crippen molar-refractivity contribution in [1.29, 1.82) is 0 Å². The molecule has 0 unspecified atom stereocenters. The Morgan fingerprint density at radius 3 is 2.00 bits per heavy atom. The first-order valence-electron chi connectivity index (χ1n) is 13.1. The predicted octanol–water partition coefficient (Wildman–Crippen LogP) is 9.69. The van der Waals surface area contributed by atoms with Crippen LogP contribution in [0.1, 0.15) is 80.9 Å². The van der Waals surface area contributed by atoms with Crippen LogP contribution in [0.25, 0.3) is 11.1 Å². The number of benzene rings is 3. The van der Waals surface area contributed by atoms with Gasteiger partial charge >= 0.3 is 0 Å². The molecule has 0 heterocycles. The van der Waals surface area contributed by atoms with Gasteiger partial charge in [-0.15, -0.1) is 0 Å². The lowest BCUT2D eigenvalue weighted by atomic mass is 9.77. The summed E-state index contributed by atoms with van der Waals surface area (Å²) in [6, 6.07) is 12.5. The van der Waals surface area contributed by atoms with Crippen LogP contribution >= 0.6 is 0 Å². The number of rotatable bonds is 9. The Morgan fingerprint density at radius 2 is 1.36 bits per heavy atom. The van der Waals surface area contributed by atoms with Crippen molar-refractivity contribution >= 4 is 0 Å². The molecule has 0 bridgehead atoms. The van der Waals surface area contributed by atoms with Gasteiger partial charge in [0.25, 0.3) is 0 Å². The van der Waals surface area contributed by atoms with Crippen LogP contribution in [0.15, 0.2) is 48.5 Å². The third-order valence-electron chi connectivity index (χ3n) is 7.64. The molecule has 3 aromatic rings. The highest BCUT2D eigenvalue weighted by Crippen LogP contribution is 2.38.